The van der Waals surface area contributed by atoms with E-state index in [9.17, 15) is 13.3 Å². The normalized spacial score (nSPS) is 12.6. The van der Waals surface area contributed by atoms with Crippen molar-refractivity contribution < 1.29 is 22.4 Å². The van der Waals surface area contributed by atoms with Crippen molar-refractivity contribution in [2.75, 3.05) is 14.2 Å². The van der Waals surface area contributed by atoms with Crippen LogP contribution in [0.15, 0.2) is 48.5 Å². The Bertz CT molecular complexity index is 673. The molecule has 2 aromatic rings. The van der Waals surface area contributed by atoms with E-state index in [0.717, 1.165) is 0 Å². The van der Waals surface area contributed by atoms with E-state index in [1.54, 1.807) is 24.3 Å². The van der Waals surface area contributed by atoms with E-state index in [-0.39, 0.29) is 5.92 Å². The first kappa shape index (κ1) is 18.8. The van der Waals surface area contributed by atoms with Crippen LogP contribution in [-0.2, 0) is 18.8 Å². The molecule has 3 nitrogen and oxygen atoms in total. The molecule has 0 unspecified atom stereocenters. The number of benzene rings is 2. The van der Waals surface area contributed by atoms with Crippen LogP contribution in [0, 0.1) is 17.6 Å². The number of hydrogen-bond donors (Lipinski definition) is 0. The highest BCUT2D eigenvalue weighted by molar-refractivity contribution is 7.55. The van der Waals surface area contributed by atoms with Gasteiger partial charge in [-0.2, -0.15) is 0 Å². The third kappa shape index (κ3) is 2.92. The van der Waals surface area contributed by atoms with Gasteiger partial charge < -0.3 is 9.05 Å². The lowest BCUT2D eigenvalue weighted by atomic mass is 9.81. The summed E-state index contributed by atoms with van der Waals surface area (Å²) in [5, 5.41) is -1.20. The summed E-state index contributed by atoms with van der Waals surface area (Å²) in [5.41, 5.74) is 1.16. The lowest BCUT2D eigenvalue weighted by Gasteiger charge is -2.42. The molecule has 0 N–H and O–H groups in total. The zero-order chi connectivity index (χ0) is 18.0. The molecule has 0 saturated carbocycles. The second-order valence-electron chi connectivity index (χ2n) is 5.80. The van der Waals surface area contributed by atoms with Crippen molar-refractivity contribution in [3.63, 3.8) is 0 Å². The highest BCUT2D eigenvalue weighted by Crippen LogP contribution is 2.69. The summed E-state index contributed by atoms with van der Waals surface area (Å²) in [6.07, 6.45) is 0. The predicted molar refractivity (Wildman–Crippen MR) is 90.0 cm³/mol. The largest absolute Gasteiger partial charge is 0.345 e. The van der Waals surface area contributed by atoms with Crippen molar-refractivity contribution in [3.05, 3.63) is 71.3 Å². The Hall–Kier alpha value is -1.55. The van der Waals surface area contributed by atoms with Crippen molar-refractivity contribution in [2.45, 2.75) is 19.0 Å². The van der Waals surface area contributed by atoms with Crippen LogP contribution in [0.5, 0.6) is 0 Å². The third-order valence-electron chi connectivity index (χ3n) is 4.32. The van der Waals surface area contributed by atoms with Crippen LogP contribution in [0.2, 0.25) is 0 Å². The van der Waals surface area contributed by atoms with Gasteiger partial charge in [-0.3, -0.25) is 4.57 Å². The first-order valence-corrected chi connectivity index (χ1v) is 9.09. The number of rotatable bonds is 6. The van der Waals surface area contributed by atoms with Gasteiger partial charge in [-0.15, -0.1) is 0 Å². The molecule has 0 heterocycles. The summed E-state index contributed by atoms with van der Waals surface area (Å²) in [7, 11) is -1.07. The van der Waals surface area contributed by atoms with Gasteiger partial charge in [-0.1, -0.05) is 38.1 Å². The lowest BCUT2D eigenvalue weighted by molar-refractivity contribution is 0.237. The predicted octanol–water partition coefficient (Wildman–Crippen LogP) is 5.35. The summed E-state index contributed by atoms with van der Waals surface area (Å²) >= 11 is 0. The van der Waals surface area contributed by atoms with E-state index >= 15 is 0 Å². The van der Waals surface area contributed by atoms with Gasteiger partial charge in [0, 0.05) is 14.2 Å². The van der Waals surface area contributed by atoms with Crippen LogP contribution < -0.4 is 0 Å². The SMILES string of the molecule is COP(=O)(OC)C(c1ccc(F)cc1)(c1ccc(F)cc1)C(C)C. The molecule has 0 spiro atoms. The molecule has 0 saturated heterocycles. The Kier molecular flexibility index (Phi) is 5.59. The minimum absolute atomic E-state index is 0.237. The van der Waals surface area contributed by atoms with Gasteiger partial charge in [0.15, 0.2) is 0 Å². The Morgan fingerprint density at radius 3 is 1.42 bits per heavy atom. The molecule has 6 heteroatoms. The zero-order valence-electron chi connectivity index (χ0n) is 14.1. The van der Waals surface area contributed by atoms with Crippen molar-refractivity contribution in [2.24, 2.45) is 5.92 Å². The van der Waals surface area contributed by atoms with Crippen molar-refractivity contribution >= 4 is 7.60 Å². The number of halogens is 2. The van der Waals surface area contributed by atoms with Gasteiger partial charge in [0.25, 0.3) is 0 Å². The monoisotopic (exact) mass is 354 g/mol. The van der Waals surface area contributed by atoms with Crippen LogP contribution in [0.3, 0.4) is 0 Å². The molecule has 0 aliphatic heterocycles. The summed E-state index contributed by atoms with van der Waals surface area (Å²) in [6.45, 7) is 3.74. The molecular formula is C18H21F2O3P. The average molecular weight is 354 g/mol. The molecule has 24 heavy (non-hydrogen) atoms. The average Bonchev–Trinajstić information content (AvgIpc) is 2.58. The van der Waals surface area contributed by atoms with E-state index in [4.69, 9.17) is 9.05 Å². The van der Waals surface area contributed by atoms with Crippen molar-refractivity contribution in [1.82, 2.24) is 0 Å². The molecule has 0 amide bonds. The fourth-order valence-electron chi connectivity index (χ4n) is 3.24. The van der Waals surface area contributed by atoms with Gasteiger partial charge in [-0.05, 0) is 41.3 Å². The first-order valence-electron chi connectivity index (χ1n) is 7.55. The van der Waals surface area contributed by atoms with Gasteiger partial charge in [0.05, 0.1) is 0 Å². The van der Waals surface area contributed by atoms with E-state index in [1.165, 1.54) is 38.5 Å². The van der Waals surface area contributed by atoms with E-state index in [0.29, 0.717) is 11.1 Å². The highest BCUT2D eigenvalue weighted by Gasteiger charge is 2.55. The van der Waals surface area contributed by atoms with Gasteiger partial charge in [0.2, 0.25) is 0 Å². The molecule has 130 valence electrons. The first-order chi connectivity index (χ1) is 11.3. The number of hydrogen-bond acceptors (Lipinski definition) is 3. The van der Waals surface area contributed by atoms with Gasteiger partial charge in [0.1, 0.15) is 16.8 Å². The Labute approximate surface area is 141 Å². The van der Waals surface area contributed by atoms with Crippen LogP contribution in [0.4, 0.5) is 8.78 Å². The summed E-state index contributed by atoms with van der Waals surface area (Å²) in [6, 6.07) is 11.4. The topological polar surface area (TPSA) is 35.5 Å². The second-order valence-corrected chi connectivity index (χ2v) is 8.23. The van der Waals surface area contributed by atoms with Crippen LogP contribution in [0.1, 0.15) is 25.0 Å². The molecule has 0 aliphatic carbocycles. The fourth-order valence-corrected chi connectivity index (χ4v) is 5.52. The molecule has 0 bridgehead atoms. The maximum atomic E-state index is 13.6. The quantitative estimate of drug-likeness (QED) is 0.656. The molecule has 0 aliphatic rings. The van der Waals surface area contributed by atoms with E-state index in [1.807, 2.05) is 13.8 Å². The maximum Gasteiger partial charge on any atom is 0.345 e. The summed E-state index contributed by atoms with van der Waals surface area (Å²) < 4.78 is 51.0. The van der Waals surface area contributed by atoms with Crippen molar-refractivity contribution in [3.8, 4) is 0 Å². The van der Waals surface area contributed by atoms with Crippen LogP contribution in [0.25, 0.3) is 0 Å². The van der Waals surface area contributed by atoms with Crippen LogP contribution in [-0.4, -0.2) is 14.2 Å². The van der Waals surface area contributed by atoms with E-state index in [2.05, 4.69) is 0 Å². The summed E-state index contributed by atoms with van der Waals surface area (Å²) in [4.78, 5) is 0. The van der Waals surface area contributed by atoms with Gasteiger partial charge >= 0.3 is 7.60 Å². The second kappa shape index (κ2) is 7.14. The molecular weight excluding hydrogens is 333 g/mol. The lowest BCUT2D eigenvalue weighted by Crippen LogP contribution is -2.35. The van der Waals surface area contributed by atoms with Crippen LogP contribution >= 0.6 is 7.60 Å². The molecule has 0 fully saturated rings. The zero-order valence-corrected chi connectivity index (χ0v) is 15.0. The summed E-state index contributed by atoms with van der Waals surface area (Å²) in [5.74, 6) is -1.04. The molecule has 2 rings (SSSR count). The van der Waals surface area contributed by atoms with Crippen molar-refractivity contribution in [1.29, 1.82) is 0 Å². The van der Waals surface area contributed by atoms with Gasteiger partial charge in [-0.25, -0.2) is 8.78 Å². The smallest absolute Gasteiger partial charge is 0.311 e. The standard InChI is InChI=1S/C18H21F2O3P/c1-13(2)18(24(21,22-3)23-4,14-5-9-16(19)10-6-14)15-7-11-17(20)12-8-15/h5-13H,1-4H3. The minimum Gasteiger partial charge on any atom is -0.311 e. The molecule has 0 radical (unpaired) electrons. The highest BCUT2D eigenvalue weighted by atomic mass is 31.2. The molecule has 0 atom stereocenters. The molecule has 0 aromatic heterocycles. The third-order valence-corrected chi connectivity index (χ3v) is 7.18. The Balaban J connectivity index is 2.87. The van der Waals surface area contributed by atoms with E-state index < -0.39 is 24.4 Å². The fraction of sp³-hybridized carbons (Fsp3) is 0.333. The maximum absolute atomic E-state index is 13.6. The minimum atomic E-state index is -3.70. The molecule has 2 aromatic carbocycles. The Morgan fingerprint density at radius 2 is 1.17 bits per heavy atom. The Morgan fingerprint density at radius 1 is 0.833 bits per heavy atom.